The molecule has 0 aliphatic rings. The van der Waals surface area contributed by atoms with E-state index in [2.05, 4.69) is 16.7 Å². The maximum atomic E-state index is 12.2. The van der Waals surface area contributed by atoms with Crippen LogP contribution >= 0.6 is 11.6 Å². The summed E-state index contributed by atoms with van der Waals surface area (Å²) in [5, 5.41) is 6.83. The van der Waals surface area contributed by atoms with Gasteiger partial charge in [-0.2, -0.15) is 0 Å². The average molecular weight is 361 g/mol. The van der Waals surface area contributed by atoms with Gasteiger partial charge in [0.2, 0.25) is 5.91 Å². The van der Waals surface area contributed by atoms with Crippen LogP contribution in [0.2, 0.25) is 5.02 Å². The third kappa shape index (κ3) is 5.68. The van der Waals surface area contributed by atoms with Crippen molar-refractivity contribution in [3.8, 4) is 5.75 Å². The van der Waals surface area contributed by atoms with E-state index in [9.17, 15) is 4.79 Å². The molecule has 0 bridgehead atoms. The molecule has 0 heterocycles. The van der Waals surface area contributed by atoms with Crippen molar-refractivity contribution in [2.24, 2.45) is 0 Å². The SMILES string of the molecule is Cc1cc(C)c(NCCC(=O)Nc2ccccc2OC(C)C)c(Cl)c1. The third-order valence-electron chi connectivity index (χ3n) is 3.61. The molecule has 0 spiro atoms. The van der Waals surface area contributed by atoms with E-state index in [1.807, 2.05) is 58.0 Å². The van der Waals surface area contributed by atoms with Crippen LogP contribution in [0.15, 0.2) is 36.4 Å². The smallest absolute Gasteiger partial charge is 0.226 e. The number of carbonyl (C=O) groups excluding carboxylic acids is 1. The minimum Gasteiger partial charge on any atom is -0.489 e. The molecule has 0 aliphatic carbocycles. The Hall–Kier alpha value is -2.20. The summed E-state index contributed by atoms with van der Waals surface area (Å²) < 4.78 is 5.71. The van der Waals surface area contributed by atoms with Crippen LogP contribution in [-0.4, -0.2) is 18.6 Å². The van der Waals surface area contributed by atoms with Crippen LogP contribution in [0.25, 0.3) is 0 Å². The van der Waals surface area contributed by atoms with Crippen LogP contribution in [0.3, 0.4) is 0 Å². The summed E-state index contributed by atoms with van der Waals surface area (Å²) in [7, 11) is 0. The van der Waals surface area contributed by atoms with E-state index in [1.54, 1.807) is 0 Å². The molecule has 0 saturated heterocycles. The maximum Gasteiger partial charge on any atom is 0.226 e. The minimum absolute atomic E-state index is 0.0476. The van der Waals surface area contributed by atoms with Crippen molar-refractivity contribution in [1.82, 2.24) is 0 Å². The topological polar surface area (TPSA) is 50.4 Å². The Morgan fingerprint density at radius 3 is 2.60 bits per heavy atom. The predicted molar refractivity (Wildman–Crippen MR) is 105 cm³/mol. The number of para-hydroxylation sites is 2. The van der Waals surface area contributed by atoms with E-state index in [0.29, 0.717) is 29.4 Å². The molecule has 134 valence electrons. The second-order valence-electron chi connectivity index (χ2n) is 6.33. The van der Waals surface area contributed by atoms with Crippen LogP contribution < -0.4 is 15.4 Å². The lowest BCUT2D eigenvalue weighted by Crippen LogP contribution is -2.18. The van der Waals surface area contributed by atoms with Crippen molar-refractivity contribution in [2.75, 3.05) is 17.2 Å². The van der Waals surface area contributed by atoms with Gasteiger partial charge in [-0.3, -0.25) is 4.79 Å². The molecule has 0 fully saturated rings. The Bertz CT molecular complexity index is 721. The number of carbonyl (C=O) groups is 1. The van der Waals surface area contributed by atoms with Crippen molar-refractivity contribution in [2.45, 2.75) is 40.2 Å². The third-order valence-corrected chi connectivity index (χ3v) is 3.91. The van der Waals surface area contributed by atoms with Gasteiger partial charge in [0.05, 0.1) is 22.5 Å². The number of halogens is 1. The molecule has 2 aromatic rings. The van der Waals surface area contributed by atoms with Gasteiger partial charge in [-0.15, -0.1) is 0 Å². The summed E-state index contributed by atoms with van der Waals surface area (Å²) in [6, 6.07) is 11.4. The molecule has 0 radical (unpaired) electrons. The monoisotopic (exact) mass is 360 g/mol. The lowest BCUT2D eigenvalue weighted by Gasteiger charge is -2.15. The van der Waals surface area contributed by atoms with Crippen LogP contribution in [0.5, 0.6) is 5.75 Å². The predicted octanol–water partition coefficient (Wildman–Crippen LogP) is 5.18. The van der Waals surface area contributed by atoms with Gasteiger partial charge in [-0.25, -0.2) is 0 Å². The molecule has 0 saturated carbocycles. The van der Waals surface area contributed by atoms with Crippen LogP contribution in [0, 0.1) is 13.8 Å². The normalized spacial score (nSPS) is 10.6. The summed E-state index contributed by atoms with van der Waals surface area (Å²) in [4.78, 5) is 12.2. The van der Waals surface area contributed by atoms with Gasteiger partial charge in [-0.1, -0.05) is 29.8 Å². The van der Waals surface area contributed by atoms with Gasteiger partial charge < -0.3 is 15.4 Å². The molecule has 0 aromatic heterocycles. The maximum absolute atomic E-state index is 12.2. The van der Waals surface area contributed by atoms with E-state index < -0.39 is 0 Å². The first kappa shape index (κ1) is 19.1. The highest BCUT2D eigenvalue weighted by atomic mass is 35.5. The van der Waals surface area contributed by atoms with Crippen LogP contribution in [0.4, 0.5) is 11.4 Å². The fraction of sp³-hybridized carbons (Fsp3) is 0.350. The summed E-state index contributed by atoms with van der Waals surface area (Å²) >= 11 is 6.27. The van der Waals surface area contributed by atoms with Gasteiger partial charge in [0, 0.05) is 13.0 Å². The zero-order valence-corrected chi connectivity index (χ0v) is 15.9. The van der Waals surface area contributed by atoms with E-state index in [0.717, 1.165) is 16.8 Å². The highest BCUT2D eigenvalue weighted by molar-refractivity contribution is 6.33. The largest absolute Gasteiger partial charge is 0.489 e. The molecule has 1 amide bonds. The highest BCUT2D eigenvalue weighted by Gasteiger charge is 2.10. The quantitative estimate of drug-likeness (QED) is 0.714. The molecule has 2 aromatic carbocycles. The number of ether oxygens (including phenoxy) is 1. The fourth-order valence-corrected chi connectivity index (χ4v) is 2.97. The number of aryl methyl sites for hydroxylation is 2. The summed E-state index contributed by atoms with van der Waals surface area (Å²) in [5.74, 6) is 0.601. The lowest BCUT2D eigenvalue weighted by molar-refractivity contribution is -0.116. The zero-order valence-electron chi connectivity index (χ0n) is 15.2. The Balaban J connectivity index is 1.92. The number of benzene rings is 2. The first-order valence-corrected chi connectivity index (χ1v) is 8.80. The van der Waals surface area contributed by atoms with Gasteiger partial charge in [0.1, 0.15) is 5.75 Å². The minimum atomic E-state index is -0.0757. The first-order valence-electron chi connectivity index (χ1n) is 8.43. The van der Waals surface area contributed by atoms with E-state index >= 15 is 0 Å². The van der Waals surface area contributed by atoms with Crippen molar-refractivity contribution in [3.05, 3.63) is 52.5 Å². The number of rotatable bonds is 7. The molecule has 2 N–H and O–H groups in total. The summed E-state index contributed by atoms with van der Waals surface area (Å²) in [5.41, 5.74) is 3.75. The molecular weight excluding hydrogens is 336 g/mol. The van der Waals surface area contributed by atoms with Crippen molar-refractivity contribution < 1.29 is 9.53 Å². The number of anilines is 2. The van der Waals surface area contributed by atoms with Crippen LogP contribution in [-0.2, 0) is 4.79 Å². The van der Waals surface area contributed by atoms with Crippen LogP contribution in [0.1, 0.15) is 31.4 Å². The molecular formula is C20H25ClN2O2. The number of hydrogen-bond acceptors (Lipinski definition) is 3. The number of hydrogen-bond donors (Lipinski definition) is 2. The molecule has 25 heavy (non-hydrogen) atoms. The molecule has 0 unspecified atom stereocenters. The van der Waals surface area contributed by atoms with E-state index in [-0.39, 0.29) is 12.0 Å². The van der Waals surface area contributed by atoms with Crippen molar-refractivity contribution >= 4 is 28.9 Å². The second-order valence-corrected chi connectivity index (χ2v) is 6.73. The Morgan fingerprint density at radius 2 is 1.92 bits per heavy atom. The van der Waals surface area contributed by atoms with E-state index in [4.69, 9.17) is 16.3 Å². The molecule has 4 nitrogen and oxygen atoms in total. The lowest BCUT2D eigenvalue weighted by atomic mass is 10.1. The Morgan fingerprint density at radius 1 is 1.20 bits per heavy atom. The van der Waals surface area contributed by atoms with Gasteiger partial charge in [-0.05, 0) is 57.0 Å². The summed E-state index contributed by atoms with van der Waals surface area (Å²) in [6.45, 7) is 8.42. The van der Waals surface area contributed by atoms with Gasteiger partial charge >= 0.3 is 0 Å². The highest BCUT2D eigenvalue weighted by Crippen LogP contribution is 2.27. The second kappa shape index (κ2) is 8.77. The van der Waals surface area contributed by atoms with E-state index in [1.165, 1.54) is 0 Å². The van der Waals surface area contributed by atoms with Crippen molar-refractivity contribution in [3.63, 3.8) is 0 Å². The number of amides is 1. The van der Waals surface area contributed by atoms with Gasteiger partial charge in [0.25, 0.3) is 0 Å². The molecule has 2 rings (SSSR count). The Kier molecular flexibility index (Phi) is 6.71. The molecule has 0 aliphatic heterocycles. The van der Waals surface area contributed by atoms with Gasteiger partial charge in [0.15, 0.2) is 0 Å². The zero-order chi connectivity index (χ0) is 18.4. The average Bonchev–Trinajstić information content (AvgIpc) is 2.51. The molecule has 0 atom stereocenters. The van der Waals surface area contributed by atoms with Crippen molar-refractivity contribution in [1.29, 1.82) is 0 Å². The Labute approximate surface area is 154 Å². The number of nitrogens with one attached hydrogen (secondary N) is 2. The summed E-state index contributed by atoms with van der Waals surface area (Å²) in [6.07, 6.45) is 0.381. The standard InChI is InChI=1S/C20H25ClN2O2/c1-13(2)25-18-8-6-5-7-17(18)23-19(24)9-10-22-20-15(4)11-14(3)12-16(20)21/h5-8,11-13,22H,9-10H2,1-4H3,(H,23,24). The fourth-order valence-electron chi connectivity index (χ4n) is 2.58. The first-order chi connectivity index (χ1) is 11.9. The molecule has 5 heteroatoms.